The highest BCUT2D eigenvalue weighted by Crippen LogP contribution is 2.57. The van der Waals surface area contributed by atoms with Crippen LogP contribution in [0.15, 0.2) is 22.8 Å². The molecule has 0 bridgehead atoms. The number of allylic oxidation sites excluding steroid dienone is 3. The van der Waals surface area contributed by atoms with E-state index in [0.717, 1.165) is 25.7 Å². The summed E-state index contributed by atoms with van der Waals surface area (Å²) in [6.07, 6.45) is 3.03. The normalized spacial score (nSPS) is 20.9. The summed E-state index contributed by atoms with van der Waals surface area (Å²) in [5.74, 6) is -21.5. The zero-order chi connectivity index (χ0) is 35.0. The average molecular weight is 657 g/mol. The first-order valence-corrected chi connectivity index (χ1v) is 14.4. The third-order valence-corrected chi connectivity index (χ3v) is 8.48. The fourth-order valence-electron chi connectivity index (χ4n) is 6.48. The van der Waals surface area contributed by atoms with E-state index in [-0.39, 0.29) is 31.3 Å². The Morgan fingerprint density at radius 2 is 1.07 bits per heavy atom. The number of amides is 1. The Kier molecular flexibility index (Phi) is 12.0. The van der Waals surface area contributed by atoms with Gasteiger partial charge in [0.15, 0.2) is 0 Å². The van der Waals surface area contributed by atoms with E-state index < -0.39 is 93.4 Å². The minimum absolute atomic E-state index is 0.00290. The summed E-state index contributed by atoms with van der Waals surface area (Å²) in [4.78, 5) is 105. The van der Waals surface area contributed by atoms with Crippen LogP contribution < -0.4 is 5.43 Å². The highest BCUT2D eigenvalue weighted by Gasteiger charge is 2.89. The van der Waals surface area contributed by atoms with E-state index in [1.54, 1.807) is 0 Å². The van der Waals surface area contributed by atoms with Crippen molar-refractivity contribution < 1.29 is 79.2 Å². The van der Waals surface area contributed by atoms with Crippen molar-refractivity contribution in [2.75, 3.05) is 6.54 Å². The molecule has 0 aromatic rings. The number of hydrogen-bond acceptors (Lipinski definition) is 9. The van der Waals surface area contributed by atoms with Crippen LogP contribution in [0.2, 0.25) is 0 Å². The summed E-state index contributed by atoms with van der Waals surface area (Å²) < 4.78 is 0. The van der Waals surface area contributed by atoms with Gasteiger partial charge in [-0.25, -0.2) is 29.6 Å². The summed E-state index contributed by atoms with van der Waals surface area (Å²) in [7, 11) is 0. The van der Waals surface area contributed by atoms with Gasteiger partial charge >= 0.3 is 47.9 Å². The van der Waals surface area contributed by atoms with Crippen molar-refractivity contribution in [3.05, 3.63) is 22.8 Å². The molecule has 9 N–H and O–H groups in total. The maximum Gasteiger partial charge on any atom is 0.423 e. The number of rotatable bonds is 8. The Bertz CT molecular complexity index is 1320. The molecule has 0 saturated heterocycles. The van der Waals surface area contributed by atoms with Gasteiger partial charge in [0.1, 0.15) is 0 Å². The summed E-state index contributed by atoms with van der Waals surface area (Å²) in [6, 6.07) is 0. The van der Waals surface area contributed by atoms with Gasteiger partial charge in [-0.3, -0.25) is 19.2 Å². The number of hydrogen-bond donors (Lipinski definition) is 9. The Labute approximate surface area is 260 Å². The lowest BCUT2D eigenvalue weighted by Crippen LogP contribution is -2.83. The predicted octanol–water partition coefficient (Wildman–Crippen LogP) is 1.71. The summed E-state index contributed by atoms with van der Waals surface area (Å²) >= 11 is 0. The van der Waals surface area contributed by atoms with Gasteiger partial charge in [-0.2, -0.15) is 0 Å². The minimum atomic E-state index is -5.34. The van der Waals surface area contributed by atoms with Gasteiger partial charge in [0, 0.05) is 6.54 Å². The third kappa shape index (κ3) is 5.86. The number of carboxylic acid groups (broad SMARTS) is 8. The number of nitrogens with one attached hydrogen (secondary N) is 1. The molecular weight excluding hydrogens is 620 g/mol. The average Bonchev–Trinajstić information content (AvgIpc) is 3.01. The van der Waals surface area contributed by atoms with E-state index in [0.29, 0.717) is 19.3 Å². The molecule has 0 atom stereocenters. The molecular formula is C28H36N2O16. The largest absolute Gasteiger partial charge is 0.480 e. The second-order valence-electron chi connectivity index (χ2n) is 10.9. The topological polar surface area (TPSA) is 314 Å². The Hall–Kier alpha value is -5.00. The maximum atomic E-state index is 13.3. The van der Waals surface area contributed by atoms with Gasteiger partial charge in [-0.05, 0) is 56.1 Å². The highest BCUT2D eigenvalue weighted by atomic mass is 16.4. The van der Waals surface area contributed by atoms with E-state index >= 15 is 0 Å². The standard InChI is InChI=1S/C28H36N2O16/c31-18(32)17-16(15-11-7-5-3-1-2-4-6-8-12-15)13-9-10-14-29-30(25(45)46)28(23(41)42,24(43)44)27(21(37)38,22(39)40)26(17,19(33)34)20(35)36/h11,29H,1-10,12-14H2,(H,31,32)(H,33,34)(H,35,36)(H,37,38)(H,39,40)(H,41,42)(H,43,44)(H,45,46). The number of aliphatic carboxylic acids is 7. The molecule has 0 unspecified atom stereocenters. The molecule has 18 nitrogen and oxygen atoms in total. The van der Waals surface area contributed by atoms with Crippen molar-refractivity contribution in [2.45, 2.75) is 82.6 Å². The van der Waals surface area contributed by atoms with Crippen molar-refractivity contribution in [3.8, 4) is 0 Å². The molecule has 2 aliphatic rings. The van der Waals surface area contributed by atoms with Gasteiger partial charge in [0.05, 0.1) is 5.57 Å². The van der Waals surface area contributed by atoms with Gasteiger partial charge in [-0.1, -0.05) is 38.2 Å². The van der Waals surface area contributed by atoms with Crippen LogP contribution in [0.1, 0.15) is 77.0 Å². The second kappa shape index (κ2) is 14.9. The van der Waals surface area contributed by atoms with E-state index in [9.17, 15) is 79.2 Å². The number of nitrogens with zero attached hydrogens (tertiary/aromatic N) is 1. The molecule has 46 heavy (non-hydrogen) atoms. The van der Waals surface area contributed by atoms with Crippen LogP contribution in [0.25, 0.3) is 0 Å². The van der Waals surface area contributed by atoms with Crippen LogP contribution >= 0.6 is 0 Å². The Morgan fingerprint density at radius 1 is 0.587 bits per heavy atom. The lowest BCUT2D eigenvalue weighted by Gasteiger charge is -2.49. The molecule has 0 fully saturated rings. The van der Waals surface area contributed by atoms with E-state index in [2.05, 4.69) is 0 Å². The fourth-order valence-corrected chi connectivity index (χ4v) is 6.48. The SMILES string of the molecule is O=C(O)C1=C(C2=CCCCCCCCCC2)CCCCNN(C(=O)O)C(C(=O)O)(C(=O)O)C(C(=O)O)(C(=O)O)C1(C(=O)O)C(=O)O. The number of carbonyl (C=O) groups is 8. The Balaban J connectivity index is 3.51. The van der Waals surface area contributed by atoms with E-state index in [4.69, 9.17) is 0 Å². The minimum Gasteiger partial charge on any atom is -0.480 e. The van der Waals surface area contributed by atoms with E-state index in [1.165, 1.54) is 6.08 Å². The van der Waals surface area contributed by atoms with Crippen LogP contribution in [0.5, 0.6) is 0 Å². The summed E-state index contributed by atoms with van der Waals surface area (Å²) in [6.45, 7) is -0.675. The zero-order valence-corrected chi connectivity index (χ0v) is 24.6. The lowest BCUT2D eigenvalue weighted by molar-refractivity contribution is -0.218. The van der Waals surface area contributed by atoms with Gasteiger partial charge in [-0.15, -0.1) is 0 Å². The molecule has 0 radical (unpaired) electrons. The second-order valence-corrected chi connectivity index (χ2v) is 10.9. The van der Waals surface area contributed by atoms with Gasteiger partial charge in [0.2, 0.25) is 10.8 Å². The molecule has 0 aromatic heterocycles. The van der Waals surface area contributed by atoms with Crippen molar-refractivity contribution in [1.82, 2.24) is 10.4 Å². The first kappa shape index (κ1) is 37.2. The Morgan fingerprint density at radius 3 is 1.50 bits per heavy atom. The fraction of sp³-hybridized carbons (Fsp3) is 0.571. The summed E-state index contributed by atoms with van der Waals surface area (Å²) in [5, 5.41) is 82.6. The van der Waals surface area contributed by atoms with Crippen LogP contribution in [-0.2, 0) is 33.6 Å². The molecule has 2 rings (SSSR count). The van der Waals surface area contributed by atoms with Gasteiger partial charge in [0.25, 0.3) is 5.54 Å². The monoisotopic (exact) mass is 656 g/mol. The smallest absolute Gasteiger partial charge is 0.423 e. The van der Waals surface area contributed by atoms with Crippen molar-refractivity contribution in [1.29, 1.82) is 0 Å². The predicted molar refractivity (Wildman–Crippen MR) is 149 cm³/mol. The van der Waals surface area contributed by atoms with Crippen LogP contribution in [0, 0.1) is 10.8 Å². The van der Waals surface area contributed by atoms with Crippen LogP contribution in [0.3, 0.4) is 0 Å². The molecule has 1 amide bonds. The quantitative estimate of drug-likeness (QED) is 0.168. The molecule has 1 aliphatic heterocycles. The highest BCUT2D eigenvalue weighted by molar-refractivity contribution is 6.27. The molecule has 18 heteroatoms. The zero-order valence-electron chi connectivity index (χ0n) is 24.6. The van der Waals surface area contributed by atoms with Crippen LogP contribution in [-0.4, -0.2) is 106 Å². The molecule has 254 valence electrons. The first-order valence-electron chi connectivity index (χ1n) is 14.4. The van der Waals surface area contributed by atoms with Crippen molar-refractivity contribution in [2.24, 2.45) is 10.8 Å². The molecule has 1 aliphatic carbocycles. The molecule has 1 heterocycles. The first-order chi connectivity index (χ1) is 21.5. The molecule has 0 spiro atoms. The van der Waals surface area contributed by atoms with Crippen molar-refractivity contribution >= 4 is 47.9 Å². The van der Waals surface area contributed by atoms with Crippen LogP contribution in [0.4, 0.5) is 4.79 Å². The van der Waals surface area contributed by atoms with E-state index in [1.807, 2.05) is 5.43 Å². The number of hydrazine groups is 1. The maximum absolute atomic E-state index is 13.3. The summed E-state index contributed by atoms with van der Waals surface area (Å²) in [5.41, 5.74) is -16.1. The van der Waals surface area contributed by atoms with Gasteiger partial charge < -0.3 is 40.9 Å². The number of carboxylic acids is 7. The van der Waals surface area contributed by atoms with Crippen molar-refractivity contribution in [3.63, 3.8) is 0 Å². The lowest BCUT2D eigenvalue weighted by atomic mass is 9.49. The molecule has 0 saturated carbocycles. The third-order valence-electron chi connectivity index (χ3n) is 8.48. The molecule has 0 aromatic carbocycles.